The molecule has 0 bridgehead atoms. The van der Waals surface area contributed by atoms with Gasteiger partial charge in [0.2, 0.25) is 0 Å². The fraction of sp³-hybridized carbons (Fsp3) is 1.00. The van der Waals surface area contributed by atoms with Crippen LogP contribution in [0.15, 0.2) is 0 Å². The first-order chi connectivity index (χ1) is 6.12. The van der Waals surface area contributed by atoms with Crippen LogP contribution in [0.2, 0.25) is 0 Å². The van der Waals surface area contributed by atoms with Gasteiger partial charge < -0.3 is 0 Å². The molecule has 2 unspecified atom stereocenters. The van der Waals surface area contributed by atoms with Crippen molar-refractivity contribution in [2.75, 3.05) is 0 Å². The van der Waals surface area contributed by atoms with Gasteiger partial charge >= 0.3 is 0 Å². The summed E-state index contributed by atoms with van der Waals surface area (Å²) in [6, 6.07) is 0. The Morgan fingerprint density at radius 2 is 1.00 bits per heavy atom. The Labute approximate surface area is 105 Å². The molecule has 2 atom stereocenters. The molecule has 0 heterocycles. The number of alkyl halides is 4. The van der Waals surface area contributed by atoms with Crippen LogP contribution < -0.4 is 0 Å². The molecule has 2 aliphatic carbocycles. The van der Waals surface area contributed by atoms with Crippen molar-refractivity contribution >= 4 is 46.4 Å². The van der Waals surface area contributed by atoms with E-state index < -0.39 is 8.67 Å². The van der Waals surface area contributed by atoms with Crippen molar-refractivity contribution in [3.05, 3.63) is 0 Å². The molecule has 0 N–H and O–H groups in total. The zero-order chi connectivity index (χ0) is 10.8. The van der Waals surface area contributed by atoms with Crippen molar-refractivity contribution in [3.8, 4) is 0 Å². The monoisotopic (exact) mass is 274 g/mol. The van der Waals surface area contributed by atoms with E-state index in [-0.39, 0.29) is 10.8 Å². The van der Waals surface area contributed by atoms with Crippen LogP contribution in [0.5, 0.6) is 0 Å². The lowest BCUT2D eigenvalue weighted by Gasteiger charge is -2.16. The average Bonchev–Trinajstić information content (AvgIpc) is 2.66. The van der Waals surface area contributed by atoms with Gasteiger partial charge in [-0.2, -0.15) is 0 Å². The minimum Gasteiger partial charge on any atom is -0.101 e. The van der Waals surface area contributed by atoms with E-state index in [9.17, 15) is 0 Å². The van der Waals surface area contributed by atoms with Crippen LogP contribution >= 0.6 is 46.4 Å². The Morgan fingerprint density at radius 3 is 1.14 bits per heavy atom. The fourth-order valence-corrected chi connectivity index (χ4v) is 3.54. The first-order valence-electron chi connectivity index (χ1n) is 4.88. The van der Waals surface area contributed by atoms with Crippen molar-refractivity contribution in [1.82, 2.24) is 0 Å². The highest BCUT2D eigenvalue weighted by atomic mass is 35.5. The molecule has 14 heavy (non-hydrogen) atoms. The summed E-state index contributed by atoms with van der Waals surface area (Å²) in [6.07, 6.45) is 3.79. The Balaban J connectivity index is 1.86. The van der Waals surface area contributed by atoms with E-state index in [1.807, 2.05) is 0 Å². The van der Waals surface area contributed by atoms with E-state index in [0.29, 0.717) is 0 Å². The summed E-state index contributed by atoms with van der Waals surface area (Å²) in [4.78, 5) is 0. The molecule has 0 nitrogen and oxygen atoms in total. The number of rotatable bonds is 3. The molecular weight excluding hydrogens is 262 g/mol. The van der Waals surface area contributed by atoms with Gasteiger partial charge in [0.25, 0.3) is 0 Å². The van der Waals surface area contributed by atoms with Gasteiger partial charge in [-0.3, -0.25) is 0 Å². The zero-order valence-electron chi connectivity index (χ0n) is 8.34. The van der Waals surface area contributed by atoms with Crippen LogP contribution in [0.25, 0.3) is 0 Å². The van der Waals surface area contributed by atoms with Crippen molar-refractivity contribution in [2.45, 2.75) is 48.2 Å². The lowest BCUT2D eigenvalue weighted by molar-refractivity contribution is 0.397. The molecule has 4 heteroatoms. The predicted octanol–water partition coefficient (Wildman–Crippen LogP) is 4.93. The van der Waals surface area contributed by atoms with Gasteiger partial charge in [-0.05, 0) is 25.7 Å². The van der Waals surface area contributed by atoms with E-state index in [0.717, 1.165) is 25.7 Å². The Bertz CT molecular complexity index is 245. The molecule has 0 aromatic carbocycles. The summed E-state index contributed by atoms with van der Waals surface area (Å²) in [5.41, 5.74) is 0.150. The molecule has 0 amide bonds. The van der Waals surface area contributed by atoms with Gasteiger partial charge in [0.05, 0.1) is 0 Å². The van der Waals surface area contributed by atoms with E-state index in [2.05, 4.69) is 13.8 Å². The average molecular weight is 276 g/mol. The van der Waals surface area contributed by atoms with Crippen molar-refractivity contribution in [3.63, 3.8) is 0 Å². The summed E-state index contributed by atoms with van der Waals surface area (Å²) in [6.45, 7) is 4.26. The number of halogens is 4. The molecule has 0 spiro atoms. The minimum absolute atomic E-state index is 0.0750. The van der Waals surface area contributed by atoms with E-state index >= 15 is 0 Å². The van der Waals surface area contributed by atoms with Gasteiger partial charge in [0, 0.05) is 10.8 Å². The molecule has 2 saturated carbocycles. The fourth-order valence-electron chi connectivity index (χ4n) is 1.99. The van der Waals surface area contributed by atoms with Gasteiger partial charge in [-0.1, -0.05) is 13.8 Å². The molecule has 2 aliphatic rings. The summed E-state index contributed by atoms with van der Waals surface area (Å²) >= 11 is 24.3. The normalized spacial score (nSPS) is 47.6. The minimum atomic E-state index is -0.514. The summed E-state index contributed by atoms with van der Waals surface area (Å²) in [5, 5.41) is 0. The highest BCUT2D eigenvalue weighted by Gasteiger charge is 2.66. The van der Waals surface area contributed by atoms with Gasteiger partial charge in [-0.25, -0.2) is 0 Å². The van der Waals surface area contributed by atoms with Crippen LogP contribution in [0.3, 0.4) is 0 Å². The maximum absolute atomic E-state index is 6.07. The highest BCUT2D eigenvalue weighted by molar-refractivity contribution is 6.52. The molecule has 82 valence electrons. The highest BCUT2D eigenvalue weighted by Crippen LogP contribution is 2.71. The Morgan fingerprint density at radius 1 is 0.786 bits per heavy atom. The van der Waals surface area contributed by atoms with Crippen LogP contribution in [0.1, 0.15) is 39.5 Å². The van der Waals surface area contributed by atoms with Crippen LogP contribution in [-0.2, 0) is 0 Å². The third kappa shape index (κ3) is 1.67. The second kappa shape index (κ2) is 2.88. The second-order valence-electron chi connectivity index (χ2n) is 5.38. The molecule has 0 aromatic rings. The first kappa shape index (κ1) is 11.6. The van der Waals surface area contributed by atoms with Crippen LogP contribution in [-0.4, -0.2) is 8.67 Å². The van der Waals surface area contributed by atoms with Crippen molar-refractivity contribution in [1.29, 1.82) is 0 Å². The number of hydrogen-bond donors (Lipinski definition) is 0. The lowest BCUT2D eigenvalue weighted by Crippen LogP contribution is -2.10. The molecular formula is C10H14Cl4. The molecule has 2 rings (SSSR count). The standard InChI is InChI=1S/C10H14Cl4/c1-7(5-9(7,11)12)3-4-8(2)6-10(8,13)14/h3-6H2,1-2H3. The van der Waals surface area contributed by atoms with Gasteiger partial charge in [0.15, 0.2) is 0 Å². The number of hydrogen-bond acceptors (Lipinski definition) is 0. The topological polar surface area (TPSA) is 0 Å². The van der Waals surface area contributed by atoms with Gasteiger partial charge in [0.1, 0.15) is 8.67 Å². The predicted molar refractivity (Wildman–Crippen MR) is 63.6 cm³/mol. The quantitative estimate of drug-likeness (QED) is 0.641. The molecule has 0 aliphatic heterocycles. The third-order valence-electron chi connectivity index (χ3n) is 3.97. The Hall–Kier alpha value is 1.16. The largest absolute Gasteiger partial charge is 0.124 e. The van der Waals surface area contributed by atoms with Crippen LogP contribution in [0.4, 0.5) is 0 Å². The maximum atomic E-state index is 6.07. The summed E-state index contributed by atoms with van der Waals surface area (Å²) < 4.78 is -1.03. The second-order valence-corrected chi connectivity index (χ2v) is 8.35. The lowest BCUT2D eigenvalue weighted by atomic mass is 9.94. The first-order valence-corrected chi connectivity index (χ1v) is 6.39. The van der Waals surface area contributed by atoms with Crippen molar-refractivity contribution < 1.29 is 0 Å². The summed E-state index contributed by atoms with van der Waals surface area (Å²) in [7, 11) is 0. The van der Waals surface area contributed by atoms with E-state index in [1.54, 1.807) is 0 Å². The smallest absolute Gasteiger partial charge is 0.101 e. The van der Waals surface area contributed by atoms with Gasteiger partial charge in [-0.15, -0.1) is 46.4 Å². The van der Waals surface area contributed by atoms with E-state index in [1.165, 1.54) is 0 Å². The third-order valence-corrected chi connectivity index (χ3v) is 6.33. The Kier molecular flexibility index (Phi) is 2.40. The maximum Gasteiger partial charge on any atom is 0.124 e. The van der Waals surface area contributed by atoms with Crippen molar-refractivity contribution in [2.24, 2.45) is 10.8 Å². The SMILES string of the molecule is CC1(CCC2(C)CC2(Cl)Cl)CC1(Cl)Cl. The molecule has 0 radical (unpaired) electrons. The van der Waals surface area contributed by atoms with E-state index in [4.69, 9.17) is 46.4 Å². The van der Waals surface area contributed by atoms with Crippen LogP contribution in [0, 0.1) is 10.8 Å². The molecule has 2 fully saturated rings. The zero-order valence-corrected chi connectivity index (χ0v) is 11.4. The molecule has 0 aromatic heterocycles. The summed E-state index contributed by atoms with van der Waals surface area (Å²) in [5.74, 6) is 0. The molecule has 0 saturated heterocycles.